The van der Waals surface area contributed by atoms with Gasteiger partial charge in [-0.1, -0.05) is 50.6 Å². The number of aromatic nitrogens is 2. The molecule has 6 heteroatoms. The third-order valence-electron chi connectivity index (χ3n) is 3.84. The molecule has 0 atom stereocenters. The van der Waals surface area contributed by atoms with Gasteiger partial charge in [0.25, 0.3) is 0 Å². The second-order valence-electron chi connectivity index (χ2n) is 5.87. The molecule has 0 amide bonds. The van der Waals surface area contributed by atoms with Crippen molar-refractivity contribution in [2.75, 3.05) is 11.9 Å². The molecule has 122 valence electrons. The number of unbranched alkanes of at least 4 members (excludes halogenated alkanes) is 5. The first-order valence-corrected chi connectivity index (χ1v) is 8.55. The van der Waals surface area contributed by atoms with Crippen LogP contribution in [-0.2, 0) is 0 Å². The van der Waals surface area contributed by atoms with Gasteiger partial charge >= 0.3 is 5.97 Å². The van der Waals surface area contributed by atoms with Crippen molar-refractivity contribution < 1.29 is 9.90 Å². The van der Waals surface area contributed by atoms with Gasteiger partial charge in [0.1, 0.15) is 16.7 Å². The maximum Gasteiger partial charge on any atom is 0.356 e. The van der Waals surface area contributed by atoms with E-state index in [2.05, 4.69) is 22.2 Å². The molecule has 1 aromatic rings. The summed E-state index contributed by atoms with van der Waals surface area (Å²) in [6.07, 6.45) is 9.30. The molecular formula is C16H24ClN3O2. The highest BCUT2D eigenvalue weighted by atomic mass is 35.5. The van der Waals surface area contributed by atoms with E-state index in [-0.39, 0.29) is 10.7 Å². The number of nitrogens with zero attached hydrogens (tertiary/aromatic N) is 2. The summed E-state index contributed by atoms with van der Waals surface area (Å²) in [4.78, 5) is 19.7. The Labute approximate surface area is 136 Å². The number of anilines is 1. The van der Waals surface area contributed by atoms with Gasteiger partial charge in [0.15, 0.2) is 5.69 Å². The summed E-state index contributed by atoms with van der Waals surface area (Å²) in [5, 5.41) is 12.5. The summed E-state index contributed by atoms with van der Waals surface area (Å²) >= 11 is 6.11. The lowest BCUT2D eigenvalue weighted by molar-refractivity contribution is 0.0690. The van der Waals surface area contributed by atoms with Gasteiger partial charge < -0.3 is 10.4 Å². The lowest BCUT2D eigenvalue weighted by Gasteiger charge is -2.11. The van der Waals surface area contributed by atoms with E-state index < -0.39 is 5.97 Å². The Balaban J connectivity index is 1.90. The highest BCUT2D eigenvalue weighted by Gasteiger charge is 2.29. The van der Waals surface area contributed by atoms with Crippen LogP contribution < -0.4 is 5.32 Å². The van der Waals surface area contributed by atoms with E-state index in [1.807, 2.05) is 0 Å². The van der Waals surface area contributed by atoms with E-state index in [9.17, 15) is 9.90 Å². The minimum Gasteiger partial charge on any atom is -0.476 e. The standard InChI is InChI=1S/C16H24ClN3O2/c1-2-3-4-5-6-7-10-18-15-12(17)13(16(21)22)19-14(20-15)11-8-9-11/h11H,2-10H2,1H3,(H,21,22)(H,18,19,20). The second kappa shape index (κ2) is 8.32. The van der Waals surface area contributed by atoms with E-state index in [1.54, 1.807) is 0 Å². The van der Waals surface area contributed by atoms with Crippen LogP contribution in [0.15, 0.2) is 0 Å². The van der Waals surface area contributed by atoms with Crippen LogP contribution in [0.3, 0.4) is 0 Å². The van der Waals surface area contributed by atoms with Gasteiger partial charge in [-0.05, 0) is 19.3 Å². The van der Waals surface area contributed by atoms with Crippen molar-refractivity contribution in [2.24, 2.45) is 0 Å². The lowest BCUT2D eigenvalue weighted by Crippen LogP contribution is -2.12. The molecule has 0 spiro atoms. The molecular weight excluding hydrogens is 302 g/mol. The minimum atomic E-state index is -1.10. The summed E-state index contributed by atoms with van der Waals surface area (Å²) < 4.78 is 0. The van der Waals surface area contributed by atoms with E-state index in [4.69, 9.17) is 11.6 Å². The molecule has 0 aromatic carbocycles. The molecule has 1 aromatic heterocycles. The number of aromatic carboxylic acids is 1. The Morgan fingerprint density at radius 3 is 2.55 bits per heavy atom. The van der Waals surface area contributed by atoms with Crippen molar-refractivity contribution in [1.82, 2.24) is 9.97 Å². The van der Waals surface area contributed by atoms with E-state index >= 15 is 0 Å². The van der Waals surface area contributed by atoms with Gasteiger partial charge in [-0.3, -0.25) is 0 Å². The predicted molar refractivity (Wildman–Crippen MR) is 87.8 cm³/mol. The average molecular weight is 326 g/mol. The van der Waals surface area contributed by atoms with Gasteiger partial charge in [0, 0.05) is 12.5 Å². The number of carboxylic acids is 1. The number of hydrogen-bond acceptors (Lipinski definition) is 4. The molecule has 0 bridgehead atoms. The fourth-order valence-corrected chi connectivity index (χ4v) is 2.59. The predicted octanol–water partition coefficient (Wildman–Crippen LogP) is 4.48. The first-order chi connectivity index (χ1) is 10.6. The Bertz CT molecular complexity index is 518. The number of hydrogen-bond donors (Lipinski definition) is 2. The summed E-state index contributed by atoms with van der Waals surface area (Å²) in [7, 11) is 0. The molecule has 1 aliphatic rings. The van der Waals surface area contributed by atoms with Gasteiger partial charge in [-0.25, -0.2) is 14.8 Å². The van der Waals surface area contributed by atoms with E-state index in [0.717, 1.165) is 32.2 Å². The quantitative estimate of drug-likeness (QED) is 0.620. The van der Waals surface area contributed by atoms with Crippen LogP contribution in [0.2, 0.25) is 5.02 Å². The molecule has 22 heavy (non-hydrogen) atoms. The van der Waals surface area contributed by atoms with Crippen molar-refractivity contribution in [3.8, 4) is 0 Å². The Hall–Kier alpha value is -1.36. The van der Waals surface area contributed by atoms with Crippen molar-refractivity contribution >= 4 is 23.4 Å². The number of carboxylic acid groups (broad SMARTS) is 1. The molecule has 2 rings (SSSR count). The van der Waals surface area contributed by atoms with Crippen molar-refractivity contribution in [3.05, 3.63) is 16.5 Å². The smallest absolute Gasteiger partial charge is 0.356 e. The minimum absolute atomic E-state index is 0.0935. The topological polar surface area (TPSA) is 75.1 Å². The summed E-state index contributed by atoms with van der Waals surface area (Å²) in [6, 6.07) is 0. The SMILES string of the molecule is CCCCCCCCNc1nc(C2CC2)nc(C(=O)O)c1Cl. The Kier molecular flexibility index (Phi) is 6.43. The fourth-order valence-electron chi connectivity index (χ4n) is 2.36. The van der Waals surface area contributed by atoms with Gasteiger partial charge in [0.2, 0.25) is 0 Å². The molecule has 1 saturated carbocycles. The normalized spacial score (nSPS) is 14.1. The van der Waals surface area contributed by atoms with E-state index in [0.29, 0.717) is 17.6 Å². The zero-order chi connectivity index (χ0) is 15.9. The molecule has 1 aliphatic carbocycles. The van der Waals surface area contributed by atoms with Crippen LogP contribution in [0.4, 0.5) is 5.82 Å². The zero-order valence-electron chi connectivity index (χ0n) is 13.1. The number of rotatable bonds is 10. The third kappa shape index (κ3) is 4.83. The van der Waals surface area contributed by atoms with Gasteiger partial charge in [-0.15, -0.1) is 0 Å². The van der Waals surface area contributed by atoms with Crippen LogP contribution in [0.5, 0.6) is 0 Å². The third-order valence-corrected chi connectivity index (χ3v) is 4.19. The average Bonchev–Trinajstić information content (AvgIpc) is 3.32. The van der Waals surface area contributed by atoms with Gasteiger partial charge in [0.05, 0.1) is 0 Å². The van der Waals surface area contributed by atoms with Gasteiger partial charge in [-0.2, -0.15) is 0 Å². The molecule has 0 unspecified atom stereocenters. The summed E-state index contributed by atoms with van der Waals surface area (Å²) in [5.41, 5.74) is -0.0935. The lowest BCUT2D eigenvalue weighted by atomic mass is 10.1. The van der Waals surface area contributed by atoms with Crippen LogP contribution in [0.1, 0.15) is 80.5 Å². The largest absolute Gasteiger partial charge is 0.476 e. The van der Waals surface area contributed by atoms with Crippen LogP contribution in [0, 0.1) is 0 Å². The molecule has 0 saturated heterocycles. The fraction of sp³-hybridized carbons (Fsp3) is 0.688. The van der Waals surface area contributed by atoms with Crippen molar-refractivity contribution in [3.63, 3.8) is 0 Å². The maximum absolute atomic E-state index is 11.2. The Morgan fingerprint density at radius 1 is 1.23 bits per heavy atom. The summed E-state index contributed by atoms with van der Waals surface area (Å²) in [6.45, 7) is 2.96. The molecule has 0 aliphatic heterocycles. The van der Waals surface area contributed by atoms with Crippen LogP contribution in [0.25, 0.3) is 0 Å². The van der Waals surface area contributed by atoms with Crippen LogP contribution in [-0.4, -0.2) is 27.6 Å². The second-order valence-corrected chi connectivity index (χ2v) is 6.24. The first-order valence-electron chi connectivity index (χ1n) is 8.18. The summed E-state index contributed by atoms with van der Waals surface area (Å²) in [5.74, 6) is 0.263. The molecule has 1 fully saturated rings. The molecule has 5 nitrogen and oxygen atoms in total. The highest BCUT2D eigenvalue weighted by Crippen LogP contribution is 2.39. The molecule has 0 radical (unpaired) electrons. The molecule has 2 N–H and O–H groups in total. The first kappa shape index (κ1) is 17.0. The Morgan fingerprint density at radius 2 is 1.91 bits per heavy atom. The number of nitrogens with one attached hydrogen (secondary N) is 1. The van der Waals surface area contributed by atoms with Crippen molar-refractivity contribution in [2.45, 2.75) is 64.2 Å². The molecule has 1 heterocycles. The maximum atomic E-state index is 11.2. The number of halogens is 1. The zero-order valence-corrected chi connectivity index (χ0v) is 13.8. The highest BCUT2D eigenvalue weighted by molar-refractivity contribution is 6.35. The van der Waals surface area contributed by atoms with Crippen molar-refractivity contribution in [1.29, 1.82) is 0 Å². The monoisotopic (exact) mass is 325 g/mol. The van der Waals surface area contributed by atoms with Crippen LogP contribution >= 0.6 is 11.6 Å². The van der Waals surface area contributed by atoms with E-state index in [1.165, 1.54) is 25.7 Å². The number of carbonyl (C=O) groups is 1.